The van der Waals surface area contributed by atoms with Gasteiger partial charge in [-0.15, -0.1) is 0 Å². The summed E-state index contributed by atoms with van der Waals surface area (Å²) in [4.78, 5) is 13.6. The molecule has 0 atom stereocenters. The van der Waals surface area contributed by atoms with Crippen molar-refractivity contribution in [2.75, 3.05) is 17.2 Å². The maximum absolute atomic E-state index is 11.7. The number of hydrogen-bond acceptors (Lipinski definition) is 2. The van der Waals surface area contributed by atoms with Crippen molar-refractivity contribution in [1.82, 2.24) is 0 Å². The second-order valence-electron chi connectivity index (χ2n) is 3.79. The van der Waals surface area contributed by atoms with E-state index in [1.165, 1.54) is 5.56 Å². The van der Waals surface area contributed by atoms with Gasteiger partial charge in [0.2, 0.25) is 5.91 Å². The number of carbonyl (C=O) groups excluding carboxylic acids is 1. The summed E-state index contributed by atoms with van der Waals surface area (Å²) < 4.78 is 0. The van der Waals surface area contributed by atoms with Crippen LogP contribution in [0.1, 0.15) is 18.4 Å². The van der Waals surface area contributed by atoms with Gasteiger partial charge in [-0.3, -0.25) is 4.79 Å². The summed E-state index contributed by atoms with van der Waals surface area (Å²) in [5.74, 6) is 0.390. The second kappa shape index (κ2) is 4.71. The number of nitrogens with zero attached hydrogens (tertiary/aromatic N) is 1. The van der Waals surface area contributed by atoms with Gasteiger partial charge in [-0.05, 0) is 30.9 Å². The molecule has 15 heavy (non-hydrogen) atoms. The molecule has 0 aliphatic carbocycles. The molecule has 0 unspecified atom stereocenters. The fourth-order valence-corrected chi connectivity index (χ4v) is 2.21. The monoisotopic (exact) mass is 221 g/mol. The Morgan fingerprint density at radius 1 is 1.33 bits per heavy atom. The first-order chi connectivity index (χ1) is 7.33. The van der Waals surface area contributed by atoms with Crippen LogP contribution < -0.4 is 4.90 Å². The molecule has 2 nitrogen and oxygen atoms in total. The zero-order valence-corrected chi connectivity index (χ0v) is 9.54. The molecule has 1 aliphatic heterocycles. The van der Waals surface area contributed by atoms with Crippen molar-refractivity contribution in [3.63, 3.8) is 0 Å². The summed E-state index contributed by atoms with van der Waals surface area (Å²) in [6, 6.07) is 8.16. The molecule has 2 rings (SSSR count). The predicted molar refractivity (Wildman–Crippen MR) is 65.6 cm³/mol. The predicted octanol–water partition coefficient (Wildman–Crippen LogP) is 2.29. The van der Waals surface area contributed by atoms with Crippen molar-refractivity contribution in [3.8, 4) is 0 Å². The van der Waals surface area contributed by atoms with Crippen LogP contribution in [-0.4, -0.2) is 18.2 Å². The van der Waals surface area contributed by atoms with E-state index in [2.05, 4.69) is 18.7 Å². The van der Waals surface area contributed by atoms with Crippen LogP contribution in [0.4, 0.5) is 5.69 Å². The van der Waals surface area contributed by atoms with Crippen molar-refractivity contribution in [1.29, 1.82) is 0 Å². The quantitative estimate of drug-likeness (QED) is 0.721. The summed E-state index contributed by atoms with van der Waals surface area (Å²) in [7, 11) is 0. The molecule has 80 valence electrons. The Hall–Kier alpha value is -0.960. The molecule has 3 heteroatoms. The van der Waals surface area contributed by atoms with Gasteiger partial charge in [-0.2, -0.15) is 12.6 Å². The summed E-state index contributed by atoms with van der Waals surface area (Å²) in [5.41, 5.74) is 2.36. The van der Waals surface area contributed by atoms with Gasteiger partial charge in [0.15, 0.2) is 0 Å². The fourth-order valence-electron chi connectivity index (χ4n) is 2.04. The molecule has 0 bridgehead atoms. The SMILES string of the molecule is O=C(CS)N1CCCCc2ccccc21. The van der Waals surface area contributed by atoms with Crippen LogP contribution in [0.15, 0.2) is 24.3 Å². The minimum Gasteiger partial charge on any atom is -0.311 e. The van der Waals surface area contributed by atoms with E-state index in [4.69, 9.17) is 0 Å². The highest BCUT2D eigenvalue weighted by atomic mass is 32.1. The lowest BCUT2D eigenvalue weighted by molar-refractivity contribution is -0.116. The molecule has 1 aromatic carbocycles. The van der Waals surface area contributed by atoms with Crippen molar-refractivity contribution >= 4 is 24.2 Å². The van der Waals surface area contributed by atoms with Crippen LogP contribution in [0.25, 0.3) is 0 Å². The molecule has 1 aliphatic rings. The first-order valence-corrected chi connectivity index (χ1v) is 5.95. The highest BCUT2D eigenvalue weighted by Crippen LogP contribution is 2.26. The number of benzene rings is 1. The Labute approximate surface area is 95.7 Å². The van der Waals surface area contributed by atoms with Crippen LogP contribution in [0.3, 0.4) is 0 Å². The fraction of sp³-hybridized carbons (Fsp3) is 0.417. The number of carbonyl (C=O) groups is 1. The normalized spacial score (nSPS) is 15.7. The average Bonchev–Trinajstić information content (AvgIpc) is 2.50. The number of thiol groups is 1. The first-order valence-electron chi connectivity index (χ1n) is 5.32. The van der Waals surface area contributed by atoms with Crippen LogP contribution >= 0.6 is 12.6 Å². The topological polar surface area (TPSA) is 20.3 Å². The minimum absolute atomic E-state index is 0.104. The number of hydrogen-bond donors (Lipinski definition) is 1. The second-order valence-corrected chi connectivity index (χ2v) is 4.11. The molecule has 1 aromatic rings. The van der Waals surface area contributed by atoms with E-state index in [1.807, 2.05) is 23.1 Å². The first kappa shape index (κ1) is 10.6. The molecular weight excluding hydrogens is 206 g/mol. The maximum atomic E-state index is 11.7. The van der Waals surface area contributed by atoms with Gasteiger partial charge in [0.1, 0.15) is 0 Å². The van der Waals surface area contributed by atoms with E-state index in [0.29, 0.717) is 0 Å². The minimum atomic E-state index is 0.104. The molecule has 0 fully saturated rings. The zero-order valence-electron chi connectivity index (χ0n) is 8.65. The van der Waals surface area contributed by atoms with Crippen LogP contribution in [0, 0.1) is 0 Å². The zero-order chi connectivity index (χ0) is 10.7. The van der Waals surface area contributed by atoms with Crippen molar-refractivity contribution in [2.45, 2.75) is 19.3 Å². The lowest BCUT2D eigenvalue weighted by Gasteiger charge is -2.21. The number of rotatable bonds is 1. The molecule has 1 heterocycles. The third-order valence-corrected chi connectivity index (χ3v) is 3.07. The van der Waals surface area contributed by atoms with E-state index in [1.54, 1.807) is 0 Å². The summed E-state index contributed by atoms with van der Waals surface area (Å²) >= 11 is 4.06. The van der Waals surface area contributed by atoms with Gasteiger partial charge >= 0.3 is 0 Å². The Balaban J connectivity index is 2.37. The Morgan fingerprint density at radius 2 is 2.13 bits per heavy atom. The average molecular weight is 221 g/mol. The molecule has 0 spiro atoms. The summed E-state index contributed by atoms with van der Waals surface area (Å²) in [5, 5.41) is 0. The molecular formula is C12H15NOS. The number of aryl methyl sites for hydroxylation is 1. The molecule has 0 radical (unpaired) electrons. The van der Waals surface area contributed by atoms with E-state index in [0.717, 1.165) is 31.5 Å². The van der Waals surface area contributed by atoms with E-state index >= 15 is 0 Å². The summed E-state index contributed by atoms with van der Waals surface area (Å²) in [6.07, 6.45) is 3.31. The Bertz CT molecular complexity index is 364. The van der Waals surface area contributed by atoms with E-state index in [9.17, 15) is 4.79 Å². The number of anilines is 1. The van der Waals surface area contributed by atoms with Crippen LogP contribution in [0.5, 0.6) is 0 Å². The molecule has 1 amide bonds. The molecule has 0 N–H and O–H groups in total. The summed E-state index contributed by atoms with van der Waals surface area (Å²) in [6.45, 7) is 0.830. The third kappa shape index (κ3) is 2.17. The van der Waals surface area contributed by atoms with E-state index < -0.39 is 0 Å². The number of amides is 1. The van der Waals surface area contributed by atoms with Crippen molar-refractivity contribution < 1.29 is 4.79 Å². The van der Waals surface area contributed by atoms with Gasteiger partial charge in [-0.1, -0.05) is 18.2 Å². The number of fused-ring (bicyclic) bond motifs is 1. The lowest BCUT2D eigenvalue weighted by atomic mass is 10.1. The van der Waals surface area contributed by atoms with Crippen molar-refractivity contribution in [2.24, 2.45) is 0 Å². The standard InChI is InChI=1S/C12H15NOS/c14-12(9-15)13-8-4-3-6-10-5-1-2-7-11(10)13/h1-2,5,7,15H,3-4,6,8-9H2. The van der Waals surface area contributed by atoms with Crippen LogP contribution in [-0.2, 0) is 11.2 Å². The van der Waals surface area contributed by atoms with E-state index in [-0.39, 0.29) is 11.7 Å². The number of para-hydroxylation sites is 1. The molecule has 0 aromatic heterocycles. The van der Waals surface area contributed by atoms with Gasteiger partial charge < -0.3 is 4.90 Å². The highest BCUT2D eigenvalue weighted by Gasteiger charge is 2.19. The molecule has 0 saturated heterocycles. The smallest absolute Gasteiger partial charge is 0.236 e. The largest absolute Gasteiger partial charge is 0.311 e. The Morgan fingerprint density at radius 3 is 2.93 bits per heavy atom. The Kier molecular flexibility index (Phi) is 3.31. The van der Waals surface area contributed by atoms with Gasteiger partial charge in [0.05, 0.1) is 5.75 Å². The van der Waals surface area contributed by atoms with Gasteiger partial charge in [0, 0.05) is 12.2 Å². The maximum Gasteiger partial charge on any atom is 0.236 e. The lowest BCUT2D eigenvalue weighted by Crippen LogP contribution is -2.32. The van der Waals surface area contributed by atoms with Gasteiger partial charge in [-0.25, -0.2) is 0 Å². The third-order valence-electron chi connectivity index (χ3n) is 2.80. The van der Waals surface area contributed by atoms with Crippen LogP contribution in [0.2, 0.25) is 0 Å². The van der Waals surface area contributed by atoms with Gasteiger partial charge in [0.25, 0.3) is 0 Å². The van der Waals surface area contributed by atoms with Crippen molar-refractivity contribution in [3.05, 3.63) is 29.8 Å². The molecule has 0 saturated carbocycles. The highest BCUT2D eigenvalue weighted by molar-refractivity contribution is 7.81.